The minimum absolute atomic E-state index is 0.116. The van der Waals surface area contributed by atoms with E-state index in [9.17, 15) is 14.9 Å². The van der Waals surface area contributed by atoms with Crippen molar-refractivity contribution in [2.24, 2.45) is 0 Å². The van der Waals surface area contributed by atoms with Crippen LogP contribution in [0.5, 0.6) is 0 Å². The lowest BCUT2D eigenvalue weighted by Gasteiger charge is -2.16. The predicted octanol–water partition coefficient (Wildman–Crippen LogP) is 3.37. The number of para-hydroxylation sites is 2. The number of hydrogen-bond acceptors (Lipinski definition) is 4. The first-order valence-electron chi connectivity index (χ1n) is 6.27. The highest BCUT2D eigenvalue weighted by Gasteiger charge is 2.21. The number of amides is 1. The lowest BCUT2D eigenvalue weighted by atomic mass is 10.2. The number of carbonyl (C=O) groups is 1. The molecule has 0 atom stereocenters. The van der Waals surface area contributed by atoms with Gasteiger partial charge in [-0.25, -0.2) is 4.79 Å². The molecule has 0 N–H and O–H groups in total. The molecular weight excluding hydrogens is 272 g/mol. The van der Waals surface area contributed by atoms with Crippen LogP contribution in [0.25, 0.3) is 0 Å². The van der Waals surface area contributed by atoms with Crippen LogP contribution in [0.4, 0.5) is 16.2 Å². The molecule has 0 unspecified atom stereocenters. The van der Waals surface area contributed by atoms with Gasteiger partial charge in [0.05, 0.1) is 4.92 Å². The Balaban J connectivity index is 2.08. The Hall–Kier alpha value is -2.89. The molecule has 0 aliphatic rings. The second kappa shape index (κ2) is 6.51. The van der Waals surface area contributed by atoms with Crippen LogP contribution < -0.4 is 4.90 Å². The van der Waals surface area contributed by atoms with Gasteiger partial charge in [-0.3, -0.25) is 15.0 Å². The van der Waals surface area contributed by atoms with Crippen molar-refractivity contribution in [2.75, 3.05) is 11.9 Å². The number of nitro benzene ring substituents is 1. The fourth-order valence-corrected chi connectivity index (χ4v) is 1.82. The second-order valence-corrected chi connectivity index (χ2v) is 4.35. The van der Waals surface area contributed by atoms with Gasteiger partial charge < -0.3 is 4.74 Å². The Labute approximate surface area is 121 Å². The van der Waals surface area contributed by atoms with Gasteiger partial charge in [-0.05, 0) is 11.6 Å². The molecule has 2 aromatic rings. The van der Waals surface area contributed by atoms with Gasteiger partial charge >= 0.3 is 6.09 Å². The maximum atomic E-state index is 12.0. The van der Waals surface area contributed by atoms with Crippen LogP contribution in [0.15, 0.2) is 54.6 Å². The molecular formula is C15H14N2O4. The fourth-order valence-electron chi connectivity index (χ4n) is 1.82. The first kappa shape index (κ1) is 14.5. The van der Waals surface area contributed by atoms with Crippen molar-refractivity contribution in [3.63, 3.8) is 0 Å². The highest BCUT2D eigenvalue weighted by molar-refractivity contribution is 5.90. The van der Waals surface area contributed by atoms with Crippen molar-refractivity contribution in [2.45, 2.75) is 6.61 Å². The molecule has 0 aliphatic carbocycles. The number of hydrogen-bond donors (Lipinski definition) is 0. The number of nitro groups is 1. The zero-order chi connectivity index (χ0) is 15.2. The third-order valence-electron chi connectivity index (χ3n) is 2.92. The lowest BCUT2D eigenvalue weighted by molar-refractivity contribution is -0.384. The van der Waals surface area contributed by atoms with Crippen LogP contribution in [0, 0.1) is 10.1 Å². The first-order valence-corrected chi connectivity index (χ1v) is 6.27. The largest absolute Gasteiger partial charge is 0.444 e. The van der Waals surface area contributed by atoms with E-state index in [1.54, 1.807) is 12.1 Å². The molecule has 0 saturated heterocycles. The maximum absolute atomic E-state index is 12.0. The molecule has 1 amide bonds. The standard InChI is InChI=1S/C15H14N2O4/c1-16(13-9-5-6-10-14(13)17(19)20)15(18)21-11-12-7-3-2-4-8-12/h2-10H,11H2,1H3. The van der Waals surface area contributed by atoms with Crippen LogP contribution in [0.2, 0.25) is 0 Å². The van der Waals surface area contributed by atoms with E-state index in [1.807, 2.05) is 30.3 Å². The molecule has 6 nitrogen and oxygen atoms in total. The minimum Gasteiger partial charge on any atom is -0.444 e. The topological polar surface area (TPSA) is 72.7 Å². The lowest BCUT2D eigenvalue weighted by Crippen LogP contribution is -2.27. The molecule has 0 bridgehead atoms. The Morgan fingerprint density at radius 3 is 2.43 bits per heavy atom. The number of benzene rings is 2. The zero-order valence-corrected chi connectivity index (χ0v) is 11.4. The minimum atomic E-state index is -0.645. The molecule has 0 spiro atoms. The van der Waals surface area contributed by atoms with Crippen LogP contribution >= 0.6 is 0 Å². The normalized spacial score (nSPS) is 9.95. The van der Waals surface area contributed by atoms with Gasteiger partial charge in [0.25, 0.3) is 5.69 Å². The predicted molar refractivity (Wildman–Crippen MR) is 78.1 cm³/mol. The molecule has 108 valence electrons. The van der Waals surface area contributed by atoms with Crippen molar-refractivity contribution in [3.05, 3.63) is 70.3 Å². The van der Waals surface area contributed by atoms with E-state index in [0.717, 1.165) is 10.5 Å². The molecule has 0 aromatic heterocycles. The Morgan fingerprint density at radius 2 is 1.76 bits per heavy atom. The quantitative estimate of drug-likeness (QED) is 0.638. The summed E-state index contributed by atoms with van der Waals surface area (Å²) in [7, 11) is 1.44. The van der Waals surface area contributed by atoms with Crippen molar-refractivity contribution in [1.82, 2.24) is 0 Å². The summed E-state index contributed by atoms with van der Waals surface area (Å²) in [5, 5.41) is 11.0. The van der Waals surface area contributed by atoms with Crippen LogP contribution in [-0.2, 0) is 11.3 Å². The first-order chi connectivity index (χ1) is 10.1. The molecule has 21 heavy (non-hydrogen) atoms. The average molecular weight is 286 g/mol. The second-order valence-electron chi connectivity index (χ2n) is 4.35. The fraction of sp³-hybridized carbons (Fsp3) is 0.133. The third kappa shape index (κ3) is 3.56. The van der Waals surface area contributed by atoms with Gasteiger partial charge in [-0.2, -0.15) is 0 Å². The van der Waals surface area contributed by atoms with Crippen molar-refractivity contribution < 1.29 is 14.5 Å². The summed E-state index contributed by atoms with van der Waals surface area (Å²) < 4.78 is 5.14. The number of anilines is 1. The van der Waals surface area contributed by atoms with Gasteiger partial charge in [0.1, 0.15) is 12.3 Å². The number of carbonyl (C=O) groups excluding carboxylic acids is 1. The Bertz CT molecular complexity index is 643. The smallest absolute Gasteiger partial charge is 0.414 e. The van der Waals surface area contributed by atoms with E-state index in [4.69, 9.17) is 4.74 Å². The summed E-state index contributed by atoms with van der Waals surface area (Å²) in [5.74, 6) is 0. The number of rotatable bonds is 4. The summed E-state index contributed by atoms with van der Waals surface area (Å²) in [6.45, 7) is 0.116. The van der Waals surface area contributed by atoms with E-state index >= 15 is 0 Å². The molecule has 0 fully saturated rings. The zero-order valence-electron chi connectivity index (χ0n) is 11.4. The van der Waals surface area contributed by atoms with Crippen LogP contribution in [0.1, 0.15) is 5.56 Å². The average Bonchev–Trinajstić information content (AvgIpc) is 2.52. The van der Waals surface area contributed by atoms with Gasteiger partial charge in [0.2, 0.25) is 0 Å². The van der Waals surface area contributed by atoms with Crippen molar-refractivity contribution in [3.8, 4) is 0 Å². The van der Waals surface area contributed by atoms with E-state index in [0.29, 0.717) is 0 Å². The van der Waals surface area contributed by atoms with Crippen molar-refractivity contribution in [1.29, 1.82) is 0 Å². The molecule has 0 saturated carbocycles. The molecule has 2 rings (SSSR count). The molecule has 0 heterocycles. The third-order valence-corrected chi connectivity index (χ3v) is 2.92. The molecule has 2 aromatic carbocycles. The molecule has 6 heteroatoms. The van der Waals surface area contributed by atoms with Gasteiger partial charge in [-0.15, -0.1) is 0 Å². The van der Waals surface area contributed by atoms with E-state index in [2.05, 4.69) is 0 Å². The highest BCUT2D eigenvalue weighted by Crippen LogP contribution is 2.27. The highest BCUT2D eigenvalue weighted by atomic mass is 16.6. The Kier molecular flexibility index (Phi) is 4.50. The van der Waals surface area contributed by atoms with Crippen LogP contribution in [0.3, 0.4) is 0 Å². The number of nitrogens with zero attached hydrogens (tertiary/aromatic N) is 2. The molecule has 0 aliphatic heterocycles. The van der Waals surface area contributed by atoms with Gasteiger partial charge in [0, 0.05) is 13.1 Å². The SMILES string of the molecule is CN(C(=O)OCc1ccccc1)c1ccccc1[N+](=O)[O-]. The summed E-state index contributed by atoms with van der Waals surface area (Å²) in [5.41, 5.74) is 0.902. The van der Waals surface area contributed by atoms with E-state index in [-0.39, 0.29) is 18.0 Å². The number of ether oxygens (including phenoxy) is 1. The summed E-state index contributed by atoms with van der Waals surface area (Å²) in [6, 6.07) is 15.2. The Morgan fingerprint density at radius 1 is 1.14 bits per heavy atom. The monoisotopic (exact) mass is 286 g/mol. The van der Waals surface area contributed by atoms with Crippen LogP contribution in [-0.4, -0.2) is 18.1 Å². The van der Waals surface area contributed by atoms with E-state index < -0.39 is 11.0 Å². The summed E-state index contributed by atoms with van der Waals surface area (Å²) >= 11 is 0. The van der Waals surface area contributed by atoms with Gasteiger partial charge in [0.15, 0.2) is 0 Å². The summed E-state index contributed by atoms with van der Waals surface area (Å²) in [6.07, 6.45) is -0.645. The summed E-state index contributed by atoms with van der Waals surface area (Å²) in [4.78, 5) is 23.5. The maximum Gasteiger partial charge on any atom is 0.414 e. The van der Waals surface area contributed by atoms with Crippen molar-refractivity contribution >= 4 is 17.5 Å². The van der Waals surface area contributed by atoms with Gasteiger partial charge in [-0.1, -0.05) is 42.5 Å². The molecule has 0 radical (unpaired) electrons. The van der Waals surface area contributed by atoms with E-state index in [1.165, 1.54) is 19.2 Å².